The highest BCUT2D eigenvalue weighted by Crippen LogP contribution is 2.27. The van der Waals surface area contributed by atoms with Gasteiger partial charge in [-0.1, -0.05) is 48.3 Å². The van der Waals surface area contributed by atoms with Crippen molar-refractivity contribution in [2.75, 3.05) is 23.7 Å². The van der Waals surface area contributed by atoms with Gasteiger partial charge < -0.3 is 10.2 Å². The molecule has 33 heavy (non-hydrogen) atoms. The molecule has 1 N–H and O–H groups in total. The van der Waals surface area contributed by atoms with E-state index in [4.69, 9.17) is 23.2 Å². The number of nitrogens with one attached hydrogen (secondary N) is 1. The second-order valence-electron chi connectivity index (χ2n) is 7.67. The zero-order valence-electron chi connectivity index (χ0n) is 19.1. The van der Waals surface area contributed by atoms with Gasteiger partial charge in [0.15, 0.2) is 0 Å². The van der Waals surface area contributed by atoms with E-state index in [9.17, 15) is 18.0 Å². The molecule has 7 nitrogen and oxygen atoms in total. The van der Waals surface area contributed by atoms with Gasteiger partial charge in [0.2, 0.25) is 21.8 Å². The van der Waals surface area contributed by atoms with Crippen molar-refractivity contribution in [1.82, 2.24) is 10.2 Å². The average Bonchev–Trinajstić information content (AvgIpc) is 2.74. The molecule has 0 aliphatic carbocycles. The van der Waals surface area contributed by atoms with Crippen molar-refractivity contribution < 1.29 is 18.0 Å². The van der Waals surface area contributed by atoms with Gasteiger partial charge in [0.25, 0.3) is 0 Å². The number of amides is 2. The first kappa shape index (κ1) is 27.0. The molecule has 0 aromatic heterocycles. The topological polar surface area (TPSA) is 86.8 Å². The number of hydrogen-bond donors (Lipinski definition) is 1. The highest BCUT2D eigenvalue weighted by molar-refractivity contribution is 7.92. The fraction of sp³-hybridized carbons (Fsp3) is 0.391. The summed E-state index contributed by atoms with van der Waals surface area (Å²) in [5.74, 6) is -0.806. The van der Waals surface area contributed by atoms with Crippen molar-refractivity contribution in [3.05, 3.63) is 63.6 Å². The van der Waals surface area contributed by atoms with Crippen molar-refractivity contribution in [3.63, 3.8) is 0 Å². The fourth-order valence-corrected chi connectivity index (χ4v) is 4.64. The van der Waals surface area contributed by atoms with Gasteiger partial charge >= 0.3 is 0 Å². The van der Waals surface area contributed by atoms with Crippen molar-refractivity contribution in [2.45, 2.75) is 39.8 Å². The smallest absolute Gasteiger partial charge is 0.244 e. The SMILES string of the molecule is CCNC(=O)C(CC)N(Cc1ccc(Cl)cc1)C(=O)CN(c1cc(Cl)ccc1C)S(C)(=O)=O. The third kappa shape index (κ3) is 7.35. The van der Waals surface area contributed by atoms with Gasteiger partial charge in [0.05, 0.1) is 11.9 Å². The minimum absolute atomic E-state index is 0.123. The maximum atomic E-state index is 13.5. The van der Waals surface area contributed by atoms with Crippen LogP contribution in [-0.4, -0.2) is 50.5 Å². The van der Waals surface area contributed by atoms with Crippen molar-refractivity contribution >= 4 is 50.7 Å². The Morgan fingerprint density at radius 3 is 2.18 bits per heavy atom. The van der Waals surface area contributed by atoms with Gasteiger partial charge in [0, 0.05) is 23.1 Å². The first-order valence-corrected chi connectivity index (χ1v) is 13.1. The number of halogens is 2. The highest BCUT2D eigenvalue weighted by atomic mass is 35.5. The van der Waals surface area contributed by atoms with Crippen LogP contribution in [-0.2, 0) is 26.2 Å². The van der Waals surface area contributed by atoms with E-state index >= 15 is 0 Å². The van der Waals surface area contributed by atoms with E-state index in [1.54, 1.807) is 57.2 Å². The van der Waals surface area contributed by atoms with E-state index in [2.05, 4.69) is 5.32 Å². The number of anilines is 1. The summed E-state index contributed by atoms with van der Waals surface area (Å²) < 4.78 is 26.3. The Kier molecular flexibility index (Phi) is 9.57. The second kappa shape index (κ2) is 11.7. The molecule has 0 radical (unpaired) electrons. The molecule has 180 valence electrons. The largest absolute Gasteiger partial charge is 0.355 e. The van der Waals surface area contributed by atoms with Crippen molar-refractivity contribution in [2.24, 2.45) is 0 Å². The number of benzene rings is 2. The first-order valence-electron chi connectivity index (χ1n) is 10.5. The molecule has 10 heteroatoms. The summed E-state index contributed by atoms with van der Waals surface area (Å²) in [6.45, 7) is 5.40. The molecule has 2 aromatic rings. The Balaban J connectivity index is 2.46. The summed E-state index contributed by atoms with van der Waals surface area (Å²) in [5, 5.41) is 3.65. The Bertz CT molecular complexity index is 1090. The maximum Gasteiger partial charge on any atom is 0.244 e. The number of aryl methyl sites for hydroxylation is 1. The van der Waals surface area contributed by atoms with E-state index in [1.165, 1.54) is 11.0 Å². The van der Waals surface area contributed by atoms with E-state index in [0.29, 0.717) is 34.3 Å². The molecule has 0 saturated carbocycles. The van der Waals surface area contributed by atoms with Crippen LogP contribution < -0.4 is 9.62 Å². The lowest BCUT2D eigenvalue weighted by molar-refractivity contribution is -0.140. The first-order chi connectivity index (χ1) is 15.5. The van der Waals surface area contributed by atoms with Gasteiger partial charge in [-0.15, -0.1) is 0 Å². The van der Waals surface area contributed by atoms with Crippen LogP contribution >= 0.6 is 23.2 Å². The molecule has 0 heterocycles. The Morgan fingerprint density at radius 2 is 1.64 bits per heavy atom. The number of carbonyl (C=O) groups excluding carboxylic acids is 2. The summed E-state index contributed by atoms with van der Waals surface area (Å²) >= 11 is 12.1. The molecule has 2 aromatic carbocycles. The molecule has 0 aliphatic rings. The lowest BCUT2D eigenvalue weighted by Crippen LogP contribution is -2.52. The Morgan fingerprint density at radius 1 is 1.03 bits per heavy atom. The number of nitrogens with zero attached hydrogens (tertiary/aromatic N) is 2. The van der Waals surface area contributed by atoms with Gasteiger partial charge in [-0.3, -0.25) is 13.9 Å². The van der Waals surface area contributed by atoms with Crippen LogP contribution in [0, 0.1) is 6.92 Å². The summed E-state index contributed by atoms with van der Waals surface area (Å²) in [7, 11) is -3.82. The molecular weight excluding hydrogens is 485 g/mol. The average molecular weight is 514 g/mol. The fourth-order valence-electron chi connectivity index (χ4n) is 3.44. The normalized spacial score (nSPS) is 12.2. The number of hydrogen-bond acceptors (Lipinski definition) is 4. The van der Waals surface area contributed by atoms with E-state index in [0.717, 1.165) is 16.1 Å². The van der Waals surface area contributed by atoms with E-state index < -0.39 is 28.5 Å². The maximum absolute atomic E-state index is 13.5. The van der Waals surface area contributed by atoms with E-state index in [1.807, 2.05) is 0 Å². The molecule has 0 bridgehead atoms. The quantitative estimate of drug-likeness (QED) is 0.519. The van der Waals surface area contributed by atoms with Crippen LogP contribution in [0.5, 0.6) is 0 Å². The van der Waals surface area contributed by atoms with Crippen LogP contribution in [0.4, 0.5) is 5.69 Å². The van der Waals surface area contributed by atoms with Crippen molar-refractivity contribution in [3.8, 4) is 0 Å². The van der Waals surface area contributed by atoms with Crippen LogP contribution in [0.1, 0.15) is 31.4 Å². The Labute approximate surface area is 205 Å². The lowest BCUT2D eigenvalue weighted by Gasteiger charge is -2.33. The molecule has 1 atom stereocenters. The van der Waals surface area contributed by atoms with Gasteiger partial charge in [0.1, 0.15) is 12.6 Å². The number of carbonyl (C=O) groups is 2. The standard InChI is InChI=1S/C23H29Cl2N3O4S/c1-5-20(23(30)26-6-2)27(14-17-8-11-18(24)12-9-17)22(29)15-28(33(4,31)32)21-13-19(25)10-7-16(21)3/h7-13,20H,5-6,14-15H2,1-4H3,(H,26,30). The van der Waals surface area contributed by atoms with Gasteiger partial charge in [-0.05, 0) is 55.7 Å². The van der Waals surface area contributed by atoms with Crippen LogP contribution in [0.15, 0.2) is 42.5 Å². The van der Waals surface area contributed by atoms with Crippen LogP contribution in [0.3, 0.4) is 0 Å². The van der Waals surface area contributed by atoms with E-state index in [-0.39, 0.29) is 12.5 Å². The molecule has 2 amide bonds. The monoisotopic (exact) mass is 513 g/mol. The second-order valence-corrected chi connectivity index (χ2v) is 10.4. The molecule has 0 aliphatic heterocycles. The predicted molar refractivity (Wildman–Crippen MR) is 133 cm³/mol. The third-order valence-corrected chi connectivity index (χ3v) is 6.74. The number of rotatable bonds is 10. The molecule has 2 rings (SSSR count). The molecule has 0 spiro atoms. The van der Waals surface area contributed by atoms with Gasteiger partial charge in [-0.2, -0.15) is 0 Å². The summed E-state index contributed by atoms with van der Waals surface area (Å²) in [4.78, 5) is 27.7. The Hall–Kier alpha value is -2.29. The summed E-state index contributed by atoms with van der Waals surface area (Å²) in [6.07, 6.45) is 1.39. The predicted octanol–water partition coefficient (Wildman–Crippen LogP) is 4.01. The molecular formula is C23H29Cl2N3O4S. The third-order valence-electron chi connectivity index (χ3n) is 5.12. The minimum atomic E-state index is -3.82. The summed E-state index contributed by atoms with van der Waals surface area (Å²) in [6, 6.07) is 11.0. The van der Waals surface area contributed by atoms with Gasteiger partial charge in [-0.25, -0.2) is 8.42 Å². The van der Waals surface area contributed by atoms with Crippen molar-refractivity contribution in [1.29, 1.82) is 0 Å². The zero-order valence-corrected chi connectivity index (χ0v) is 21.5. The summed E-state index contributed by atoms with van der Waals surface area (Å²) in [5.41, 5.74) is 1.73. The minimum Gasteiger partial charge on any atom is -0.355 e. The lowest BCUT2D eigenvalue weighted by atomic mass is 10.1. The number of sulfonamides is 1. The highest BCUT2D eigenvalue weighted by Gasteiger charge is 2.32. The molecule has 0 saturated heterocycles. The zero-order chi connectivity index (χ0) is 24.8. The van der Waals surface area contributed by atoms with Crippen LogP contribution in [0.2, 0.25) is 10.0 Å². The number of likely N-dealkylation sites (N-methyl/N-ethyl adjacent to an activating group) is 1. The molecule has 1 unspecified atom stereocenters. The van der Waals surface area contributed by atoms with Crippen LogP contribution in [0.25, 0.3) is 0 Å². The molecule has 0 fully saturated rings.